The van der Waals surface area contributed by atoms with Gasteiger partial charge in [-0.1, -0.05) is 0 Å². The van der Waals surface area contributed by atoms with Crippen LogP contribution in [0.5, 0.6) is 0 Å². The van der Waals surface area contributed by atoms with Crippen LogP contribution in [-0.2, 0) is 15.3 Å². The summed E-state index contributed by atoms with van der Waals surface area (Å²) in [5.74, 6) is 1.47. The van der Waals surface area contributed by atoms with Gasteiger partial charge in [-0.3, -0.25) is 0 Å². The fourth-order valence-corrected chi connectivity index (χ4v) is 56.0. The zero-order chi connectivity index (χ0) is 22.2. The second-order valence-corrected chi connectivity index (χ2v) is 71.2. The fraction of sp³-hybridized carbons (Fsp3) is 0.692. The molecule has 4 heteroatoms. The van der Waals surface area contributed by atoms with E-state index in [0.29, 0.717) is 19.2 Å². The standard InChI is InChI=1S/2C12H17.C2H7Si.2ClH.Hf/c2*1-8-4-10(3)12-7-9(2)6-11(12)5-8;1-3-2;;;/h2*6-8,10H,4-5H2,1-3H3;3H,1-2H3;2*1H;/q;;;;;+2/p-2. The molecule has 4 aliphatic rings. The average molecular weight is 631 g/mol. The monoisotopic (exact) mass is 631 g/mol. The molecule has 0 heterocycles. The third-order valence-electron chi connectivity index (χ3n) is 9.03. The minimum absolute atomic E-state index is 0.380. The first kappa shape index (κ1) is 23.8. The average Bonchev–Trinajstić information content (AvgIpc) is 3.12. The Bertz CT molecular complexity index is 825. The number of allylic oxidation sites excluding steroid dienone is 8. The Balaban J connectivity index is 1.91. The third kappa shape index (κ3) is 3.36. The van der Waals surface area contributed by atoms with Crippen LogP contribution in [0.3, 0.4) is 0 Å². The molecule has 30 heavy (non-hydrogen) atoms. The molecule has 0 saturated carbocycles. The van der Waals surface area contributed by atoms with Crippen molar-refractivity contribution < 1.29 is 15.3 Å². The predicted octanol–water partition coefficient (Wildman–Crippen LogP) is 9.19. The van der Waals surface area contributed by atoms with Gasteiger partial charge in [0.05, 0.1) is 0 Å². The van der Waals surface area contributed by atoms with Crippen LogP contribution in [0.15, 0.2) is 45.6 Å². The summed E-state index contributed by atoms with van der Waals surface area (Å²) in [6.07, 6.45) is 10.1. The van der Waals surface area contributed by atoms with E-state index in [4.69, 9.17) is 17.2 Å². The van der Waals surface area contributed by atoms with Crippen LogP contribution in [-0.4, -0.2) is 5.98 Å². The molecule has 4 rings (SSSR count). The van der Waals surface area contributed by atoms with Gasteiger partial charge in [-0.25, -0.2) is 0 Å². The van der Waals surface area contributed by atoms with Crippen LogP contribution < -0.4 is 0 Å². The molecular formula is C26H41Cl2HfSi. The zero-order valence-corrected chi connectivity index (χ0v) is 26.5. The van der Waals surface area contributed by atoms with Gasteiger partial charge in [-0.2, -0.15) is 0 Å². The number of hydrogen-bond acceptors (Lipinski definition) is 0. The Morgan fingerprint density at radius 3 is 1.47 bits per heavy atom. The maximum absolute atomic E-state index is 8.26. The topological polar surface area (TPSA) is 0 Å². The van der Waals surface area contributed by atoms with Gasteiger partial charge >= 0.3 is 195 Å². The first-order valence-corrected chi connectivity index (χ1v) is 34.4. The fourth-order valence-electron chi connectivity index (χ4n) is 7.86. The molecule has 0 radical (unpaired) electrons. The zero-order valence-electron chi connectivity index (χ0n) is 20.3. The molecular weight excluding hydrogens is 590 g/mol. The molecule has 0 spiro atoms. The molecule has 6 unspecified atom stereocenters. The van der Waals surface area contributed by atoms with E-state index in [2.05, 4.69) is 66.8 Å². The third-order valence-corrected chi connectivity index (χ3v) is 82.8. The molecule has 0 saturated heterocycles. The van der Waals surface area contributed by atoms with Crippen molar-refractivity contribution in [2.45, 2.75) is 87.7 Å². The van der Waals surface area contributed by atoms with Crippen LogP contribution in [0.4, 0.5) is 0 Å². The molecule has 4 aliphatic carbocycles. The van der Waals surface area contributed by atoms with Crippen molar-refractivity contribution in [2.75, 3.05) is 0 Å². The summed E-state index contributed by atoms with van der Waals surface area (Å²) in [6.45, 7) is 19.4. The quantitative estimate of drug-likeness (QED) is 0.273. The van der Waals surface area contributed by atoms with E-state index in [-0.39, 0.29) is 0 Å². The molecule has 167 valence electrons. The Morgan fingerprint density at radius 2 is 1.13 bits per heavy atom. The van der Waals surface area contributed by atoms with Crippen LogP contribution in [0, 0.1) is 23.7 Å². The molecule has 0 aromatic heterocycles. The van der Waals surface area contributed by atoms with Crippen molar-refractivity contribution in [1.82, 2.24) is 0 Å². The second kappa shape index (κ2) is 7.85. The van der Waals surface area contributed by atoms with E-state index >= 15 is 0 Å². The second-order valence-electron chi connectivity index (χ2n) is 11.9. The van der Waals surface area contributed by atoms with E-state index in [1.165, 1.54) is 36.8 Å². The van der Waals surface area contributed by atoms with Gasteiger partial charge < -0.3 is 0 Å². The van der Waals surface area contributed by atoms with Gasteiger partial charge in [0.25, 0.3) is 0 Å². The van der Waals surface area contributed by atoms with Gasteiger partial charge in [0, 0.05) is 0 Å². The summed E-state index contributed by atoms with van der Waals surface area (Å²) < 4.78 is 0.759. The minimum atomic E-state index is -4.44. The van der Waals surface area contributed by atoms with Crippen molar-refractivity contribution in [2.24, 2.45) is 23.7 Å². The normalized spacial score (nSPS) is 38.3. The van der Waals surface area contributed by atoms with Gasteiger partial charge in [-0.05, 0) is 0 Å². The molecule has 0 nitrogen and oxygen atoms in total. The SMILES string of the molecule is CC1=CC2=C(CC(C)CC2C)[CH]1[Hf]([Cl])([Cl])([CH]1C(C)=CC2=C1CC(C)CC2C)[SiH](C)C. The van der Waals surface area contributed by atoms with Crippen molar-refractivity contribution in [3.05, 3.63) is 45.6 Å². The van der Waals surface area contributed by atoms with Gasteiger partial charge in [0.1, 0.15) is 0 Å². The number of rotatable bonds is 3. The summed E-state index contributed by atoms with van der Waals surface area (Å²) in [5, 5.41) is 0. The molecule has 0 aromatic rings. The van der Waals surface area contributed by atoms with Crippen molar-refractivity contribution in [3.63, 3.8) is 0 Å². The summed E-state index contributed by atoms with van der Waals surface area (Å²) in [6, 6.07) is 0. The predicted molar refractivity (Wildman–Crippen MR) is 135 cm³/mol. The summed E-state index contributed by atoms with van der Waals surface area (Å²) >= 11 is -4.44. The Morgan fingerprint density at radius 1 is 0.767 bits per heavy atom. The summed E-state index contributed by atoms with van der Waals surface area (Å²) in [5.41, 5.74) is 9.54. The van der Waals surface area contributed by atoms with Crippen LogP contribution in [0.2, 0.25) is 20.4 Å². The molecule has 0 fully saturated rings. The summed E-state index contributed by atoms with van der Waals surface area (Å²) in [7, 11) is 16.5. The molecule has 0 aliphatic heterocycles. The first-order valence-electron chi connectivity index (χ1n) is 12.3. The van der Waals surface area contributed by atoms with E-state index in [0.717, 1.165) is 11.8 Å². The van der Waals surface area contributed by atoms with E-state index < -0.39 is 21.3 Å². The van der Waals surface area contributed by atoms with Crippen LogP contribution in [0.25, 0.3) is 0 Å². The molecule has 6 atom stereocenters. The Labute approximate surface area is 194 Å². The summed E-state index contributed by atoms with van der Waals surface area (Å²) in [4.78, 5) is 0. The Hall–Kier alpha value is 0.627. The van der Waals surface area contributed by atoms with Crippen molar-refractivity contribution in [1.29, 1.82) is 0 Å². The van der Waals surface area contributed by atoms with Crippen molar-refractivity contribution >= 4 is 23.1 Å². The van der Waals surface area contributed by atoms with E-state index in [1.807, 2.05) is 0 Å². The van der Waals surface area contributed by atoms with E-state index in [9.17, 15) is 0 Å². The molecule has 0 aromatic carbocycles. The first-order chi connectivity index (χ1) is 13.9. The van der Waals surface area contributed by atoms with Crippen molar-refractivity contribution in [3.8, 4) is 0 Å². The number of halogens is 2. The van der Waals surface area contributed by atoms with Crippen LogP contribution in [0.1, 0.15) is 67.2 Å². The van der Waals surface area contributed by atoms with Gasteiger partial charge in [0.15, 0.2) is 0 Å². The van der Waals surface area contributed by atoms with Gasteiger partial charge in [0.2, 0.25) is 0 Å². The van der Waals surface area contributed by atoms with Gasteiger partial charge in [-0.15, -0.1) is 0 Å². The maximum atomic E-state index is 8.26. The van der Waals surface area contributed by atoms with Crippen LogP contribution >= 0.6 is 17.2 Å². The molecule has 0 amide bonds. The number of hydrogen-bond donors (Lipinski definition) is 0. The Kier molecular flexibility index (Phi) is 6.22. The van der Waals surface area contributed by atoms with E-state index in [1.54, 1.807) is 22.3 Å². The molecule has 0 bridgehead atoms. The molecule has 0 N–H and O–H groups in total.